The Labute approximate surface area is 152 Å². The average Bonchev–Trinajstić information content (AvgIpc) is 2.59. The van der Waals surface area contributed by atoms with Gasteiger partial charge in [0.1, 0.15) is 0 Å². The topological polar surface area (TPSA) is 96.5 Å². The highest BCUT2D eigenvalue weighted by Gasteiger charge is 2.09. The lowest BCUT2D eigenvalue weighted by Crippen LogP contribution is -2.34. The van der Waals surface area contributed by atoms with E-state index in [1.807, 2.05) is 6.92 Å². The molecule has 0 aliphatic heterocycles. The van der Waals surface area contributed by atoms with Gasteiger partial charge in [-0.25, -0.2) is 0 Å². The van der Waals surface area contributed by atoms with Crippen LogP contribution in [0.25, 0.3) is 0 Å². The second kappa shape index (κ2) is 11.1. The third kappa shape index (κ3) is 8.80. The molecule has 136 valence electrons. The maximum Gasteiger partial charge on any atom is 0.306 e. The fraction of sp³-hybridized carbons (Fsp3) is 0.412. The Kier molecular flexibility index (Phi) is 9.16. The van der Waals surface area contributed by atoms with Crippen molar-refractivity contribution >= 4 is 40.8 Å². The van der Waals surface area contributed by atoms with Gasteiger partial charge < -0.3 is 20.7 Å². The summed E-state index contributed by atoms with van der Waals surface area (Å²) >= 11 is 5.06. The quantitative estimate of drug-likeness (QED) is 0.477. The van der Waals surface area contributed by atoms with Crippen LogP contribution in [0.1, 0.15) is 31.7 Å². The fourth-order valence-electron chi connectivity index (χ4n) is 1.83. The molecule has 1 aromatic rings. The van der Waals surface area contributed by atoms with Crippen LogP contribution in [-0.2, 0) is 25.5 Å². The van der Waals surface area contributed by atoms with E-state index in [4.69, 9.17) is 17.0 Å². The largest absolute Gasteiger partial charge is 0.466 e. The van der Waals surface area contributed by atoms with Crippen molar-refractivity contribution in [1.82, 2.24) is 10.6 Å². The fourth-order valence-corrected chi connectivity index (χ4v) is 2.07. The first-order chi connectivity index (χ1) is 11.9. The third-order valence-electron chi connectivity index (χ3n) is 3.13. The molecule has 0 saturated carbocycles. The van der Waals surface area contributed by atoms with Crippen LogP contribution in [-0.4, -0.2) is 36.6 Å². The predicted molar refractivity (Wildman–Crippen MR) is 99.1 cm³/mol. The summed E-state index contributed by atoms with van der Waals surface area (Å²) in [5.41, 5.74) is 1.55. The van der Waals surface area contributed by atoms with Crippen LogP contribution in [0.3, 0.4) is 0 Å². The zero-order valence-corrected chi connectivity index (χ0v) is 15.2. The number of ether oxygens (including phenoxy) is 1. The molecule has 25 heavy (non-hydrogen) atoms. The minimum Gasteiger partial charge on any atom is -0.466 e. The molecule has 0 aliphatic carbocycles. The molecule has 3 N–H and O–H groups in total. The van der Waals surface area contributed by atoms with E-state index in [0.717, 1.165) is 12.0 Å². The van der Waals surface area contributed by atoms with Crippen molar-refractivity contribution in [2.75, 3.05) is 19.0 Å². The molecule has 7 nitrogen and oxygen atoms in total. The monoisotopic (exact) mass is 365 g/mol. The number of rotatable bonds is 8. The first kappa shape index (κ1) is 20.6. The number of carbonyl (C=O) groups excluding carboxylic acids is 3. The van der Waals surface area contributed by atoms with Crippen LogP contribution in [0.4, 0.5) is 5.69 Å². The highest BCUT2D eigenvalue weighted by Crippen LogP contribution is 2.10. The molecule has 0 aromatic heterocycles. The van der Waals surface area contributed by atoms with Gasteiger partial charge in [-0.15, -0.1) is 0 Å². The maximum absolute atomic E-state index is 11.7. The van der Waals surface area contributed by atoms with Crippen LogP contribution < -0.4 is 16.0 Å². The molecule has 1 aromatic carbocycles. The van der Waals surface area contributed by atoms with Crippen molar-refractivity contribution in [2.45, 2.75) is 32.6 Å². The summed E-state index contributed by atoms with van der Waals surface area (Å²) in [6.45, 7) is 2.26. The lowest BCUT2D eigenvalue weighted by molar-refractivity contribution is -0.144. The van der Waals surface area contributed by atoms with Crippen molar-refractivity contribution in [2.24, 2.45) is 0 Å². The summed E-state index contributed by atoms with van der Waals surface area (Å²) in [7, 11) is 1.59. The number of thiocarbonyl (C=S) groups is 1. The van der Waals surface area contributed by atoms with Gasteiger partial charge in [-0.1, -0.05) is 19.1 Å². The van der Waals surface area contributed by atoms with Gasteiger partial charge in [0.2, 0.25) is 11.8 Å². The van der Waals surface area contributed by atoms with Gasteiger partial charge in [-0.2, -0.15) is 0 Å². The molecule has 8 heteroatoms. The number of carbonyl (C=O) groups is 3. The summed E-state index contributed by atoms with van der Waals surface area (Å²) in [6, 6.07) is 7.12. The minimum absolute atomic E-state index is 0.00936. The molecule has 0 unspecified atom stereocenters. The lowest BCUT2D eigenvalue weighted by Gasteiger charge is -2.10. The van der Waals surface area contributed by atoms with Crippen molar-refractivity contribution < 1.29 is 19.1 Å². The van der Waals surface area contributed by atoms with Gasteiger partial charge in [-0.05, 0) is 36.3 Å². The van der Waals surface area contributed by atoms with Crippen LogP contribution >= 0.6 is 12.2 Å². The summed E-state index contributed by atoms with van der Waals surface area (Å²) in [5.74, 6) is -0.828. The molecule has 0 saturated heterocycles. The number of esters is 1. The minimum atomic E-state index is -0.400. The number of amides is 2. The average molecular weight is 365 g/mol. The highest BCUT2D eigenvalue weighted by atomic mass is 32.1. The third-order valence-corrected chi connectivity index (χ3v) is 3.34. The Morgan fingerprint density at radius 3 is 2.36 bits per heavy atom. The summed E-state index contributed by atoms with van der Waals surface area (Å²) in [4.78, 5) is 34.4. The number of likely N-dealkylation sites (N-methyl/N-ethyl adjacent to an activating group) is 1. The van der Waals surface area contributed by atoms with Gasteiger partial charge in [-0.3, -0.25) is 14.4 Å². The summed E-state index contributed by atoms with van der Waals surface area (Å²) in [6.07, 6.45) is 1.07. The van der Waals surface area contributed by atoms with E-state index >= 15 is 0 Å². The normalized spacial score (nSPS) is 9.84. The second-order valence-corrected chi connectivity index (χ2v) is 5.68. The maximum atomic E-state index is 11.7. The van der Waals surface area contributed by atoms with Crippen LogP contribution in [0.5, 0.6) is 0 Å². The Morgan fingerprint density at radius 1 is 1.08 bits per heavy atom. The molecular formula is C17H23N3O4S. The number of benzene rings is 1. The number of hydrogen-bond donors (Lipinski definition) is 3. The Bertz CT molecular complexity index is 617. The van der Waals surface area contributed by atoms with Crippen molar-refractivity contribution in [3.63, 3.8) is 0 Å². The molecular weight excluding hydrogens is 342 g/mol. The van der Waals surface area contributed by atoms with Gasteiger partial charge in [0.05, 0.1) is 19.4 Å². The van der Waals surface area contributed by atoms with E-state index < -0.39 is 5.97 Å². The standard InChI is InChI=1S/C17H23N3O4S/c1-3-10-24-16(23)9-8-14(21)20-17(25)19-13-6-4-12(5-7-13)11-15(22)18-2/h4-7H,3,8-11H2,1-2H3,(H,18,22)(H2,19,20,21,25). The second-order valence-electron chi connectivity index (χ2n) is 5.27. The predicted octanol–water partition coefficient (Wildman–Crippen LogP) is 1.52. The van der Waals surface area contributed by atoms with Crippen molar-refractivity contribution in [3.8, 4) is 0 Å². The molecule has 0 fully saturated rings. The molecule has 0 atom stereocenters. The molecule has 0 radical (unpaired) electrons. The SMILES string of the molecule is CCCOC(=O)CCC(=O)NC(=S)Nc1ccc(CC(=O)NC)cc1. The first-order valence-corrected chi connectivity index (χ1v) is 8.41. The van der Waals surface area contributed by atoms with Gasteiger partial charge in [0.25, 0.3) is 0 Å². The van der Waals surface area contributed by atoms with Crippen LogP contribution in [0.2, 0.25) is 0 Å². The van der Waals surface area contributed by atoms with Crippen molar-refractivity contribution in [3.05, 3.63) is 29.8 Å². The van der Waals surface area contributed by atoms with Crippen LogP contribution in [0.15, 0.2) is 24.3 Å². The van der Waals surface area contributed by atoms with E-state index in [1.54, 1.807) is 31.3 Å². The smallest absolute Gasteiger partial charge is 0.306 e. The molecule has 0 bridgehead atoms. The molecule has 1 rings (SSSR count). The van der Waals surface area contributed by atoms with E-state index in [-0.39, 0.29) is 29.8 Å². The van der Waals surface area contributed by atoms with E-state index in [9.17, 15) is 14.4 Å². The Morgan fingerprint density at radius 2 is 1.76 bits per heavy atom. The van der Waals surface area contributed by atoms with E-state index in [0.29, 0.717) is 18.7 Å². The first-order valence-electron chi connectivity index (χ1n) is 8.00. The van der Waals surface area contributed by atoms with E-state index in [1.165, 1.54) is 0 Å². The van der Waals surface area contributed by atoms with Gasteiger partial charge >= 0.3 is 5.97 Å². The van der Waals surface area contributed by atoms with Crippen molar-refractivity contribution in [1.29, 1.82) is 0 Å². The van der Waals surface area contributed by atoms with Gasteiger partial charge in [0, 0.05) is 19.2 Å². The molecule has 0 spiro atoms. The Hall–Kier alpha value is -2.48. The molecule has 2 amide bonds. The zero-order valence-electron chi connectivity index (χ0n) is 14.4. The number of hydrogen-bond acceptors (Lipinski definition) is 5. The zero-order chi connectivity index (χ0) is 18.7. The lowest BCUT2D eigenvalue weighted by atomic mass is 10.1. The number of nitrogens with one attached hydrogen (secondary N) is 3. The summed E-state index contributed by atoms with van der Waals surface area (Å²) in [5, 5.41) is 8.08. The molecule has 0 heterocycles. The summed E-state index contributed by atoms with van der Waals surface area (Å²) < 4.78 is 4.89. The van der Waals surface area contributed by atoms with Crippen LogP contribution in [0, 0.1) is 0 Å². The number of anilines is 1. The van der Waals surface area contributed by atoms with Gasteiger partial charge in [0.15, 0.2) is 5.11 Å². The highest BCUT2D eigenvalue weighted by molar-refractivity contribution is 7.80. The van der Waals surface area contributed by atoms with E-state index in [2.05, 4.69) is 16.0 Å². The Balaban J connectivity index is 2.37. The molecule has 0 aliphatic rings.